The third-order valence-corrected chi connectivity index (χ3v) is 3.06. The van der Waals surface area contributed by atoms with E-state index in [4.69, 9.17) is 9.47 Å². The molecule has 0 atom stereocenters. The van der Waals surface area contributed by atoms with Gasteiger partial charge in [-0.1, -0.05) is 13.8 Å². The van der Waals surface area contributed by atoms with Crippen molar-refractivity contribution in [1.29, 1.82) is 0 Å². The number of methoxy groups -OCH3 is 2. The van der Waals surface area contributed by atoms with E-state index >= 15 is 0 Å². The number of ether oxygens (including phenoxy) is 2. The molecule has 0 amide bonds. The Morgan fingerprint density at radius 1 is 1.26 bits per heavy atom. The molecule has 0 aliphatic heterocycles. The largest absolute Gasteiger partial charge is 0.481 e. The second kappa shape index (κ2) is 6.21. The van der Waals surface area contributed by atoms with Gasteiger partial charge in [0, 0.05) is 0 Å². The predicted molar refractivity (Wildman–Crippen MR) is 69.7 cm³/mol. The maximum absolute atomic E-state index is 11.4. The highest BCUT2D eigenvalue weighted by atomic mass is 16.5. The minimum Gasteiger partial charge on any atom is -0.481 e. The van der Waals surface area contributed by atoms with E-state index in [2.05, 4.69) is 15.3 Å². The summed E-state index contributed by atoms with van der Waals surface area (Å²) in [6.07, 6.45) is 0.809. The number of carboxylic acids is 1. The summed E-state index contributed by atoms with van der Waals surface area (Å²) in [5, 5.41) is 12.2. The Bertz CT molecular complexity index is 424. The summed E-state index contributed by atoms with van der Waals surface area (Å²) in [5.74, 6) is -0.160. The van der Waals surface area contributed by atoms with E-state index in [1.54, 1.807) is 13.8 Å². The highest BCUT2D eigenvalue weighted by Crippen LogP contribution is 2.24. The molecule has 0 saturated carbocycles. The lowest BCUT2D eigenvalue weighted by atomic mass is 9.93. The minimum absolute atomic E-state index is 0.169. The van der Waals surface area contributed by atoms with Crippen LogP contribution in [0.1, 0.15) is 26.7 Å². The van der Waals surface area contributed by atoms with Gasteiger partial charge in [0.25, 0.3) is 0 Å². The van der Waals surface area contributed by atoms with Crippen LogP contribution in [-0.2, 0) is 4.79 Å². The van der Waals surface area contributed by atoms with Crippen molar-refractivity contribution in [3.8, 4) is 11.8 Å². The first-order chi connectivity index (χ1) is 9.01. The first kappa shape index (κ1) is 15.0. The lowest BCUT2D eigenvalue weighted by molar-refractivity contribution is -0.142. The molecule has 0 bridgehead atoms. The van der Waals surface area contributed by atoms with Gasteiger partial charge in [-0.25, -0.2) is 4.79 Å². The van der Waals surface area contributed by atoms with Gasteiger partial charge in [-0.2, -0.15) is 9.97 Å². The Morgan fingerprint density at radius 2 is 1.74 bits per heavy atom. The standard InChI is InChI=1S/C12H19N3O4/c1-5-12(6-2,10(16)17)15-11-13-8(18-3)7-9(14-11)19-4/h7H,5-6H2,1-4H3,(H,16,17)(H,13,14,15). The van der Waals surface area contributed by atoms with Gasteiger partial charge >= 0.3 is 5.97 Å². The third-order valence-electron chi connectivity index (χ3n) is 3.06. The van der Waals surface area contributed by atoms with Crippen molar-refractivity contribution in [1.82, 2.24) is 9.97 Å². The number of hydrogen-bond acceptors (Lipinski definition) is 6. The van der Waals surface area contributed by atoms with E-state index in [1.165, 1.54) is 20.3 Å². The van der Waals surface area contributed by atoms with Crippen molar-refractivity contribution in [3.05, 3.63) is 6.07 Å². The molecule has 0 aliphatic carbocycles. The van der Waals surface area contributed by atoms with E-state index in [0.717, 1.165) is 0 Å². The molecule has 0 fully saturated rings. The van der Waals surface area contributed by atoms with Gasteiger partial charge in [0.2, 0.25) is 17.7 Å². The van der Waals surface area contributed by atoms with Crippen LogP contribution in [0.5, 0.6) is 11.8 Å². The summed E-state index contributed by atoms with van der Waals surface area (Å²) in [7, 11) is 2.94. The Balaban J connectivity index is 3.12. The van der Waals surface area contributed by atoms with Crippen molar-refractivity contribution in [2.75, 3.05) is 19.5 Å². The lowest BCUT2D eigenvalue weighted by Gasteiger charge is -2.28. The first-order valence-corrected chi connectivity index (χ1v) is 6.00. The molecular weight excluding hydrogens is 250 g/mol. The topological polar surface area (TPSA) is 93.6 Å². The van der Waals surface area contributed by atoms with Crippen LogP contribution in [-0.4, -0.2) is 40.8 Å². The van der Waals surface area contributed by atoms with Crippen LogP contribution < -0.4 is 14.8 Å². The molecular formula is C12H19N3O4. The van der Waals surface area contributed by atoms with Crippen LogP contribution in [0.15, 0.2) is 6.07 Å². The molecule has 0 aliphatic rings. The summed E-state index contributed by atoms with van der Waals surface area (Å²) in [6.45, 7) is 3.59. The van der Waals surface area contributed by atoms with Crippen LogP contribution in [0, 0.1) is 0 Å². The number of nitrogens with zero attached hydrogens (tertiary/aromatic N) is 2. The quantitative estimate of drug-likeness (QED) is 0.775. The number of carbonyl (C=O) groups is 1. The number of aliphatic carboxylic acids is 1. The van der Waals surface area contributed by atoms with Crippen molar-refractivity contribution in [2.45, 2.75) is 32.2 Å². The van der Waals surface area contributed by atoms with Crippen molar-refractivity contribution < 1.29 is 19.4 Å². The molecule has 1 aromatic heterocycles. The van der Waals surface area contributed by atoms with Gasteiger partial charge in [0.15, 0.2) is 0 Å². The van der Waals surface area contributed by atoms with Crippen molar-refractivity contribution in [2.24, 2.45) is 0 Å². The van der Waals surface area contributed by atoms with E-state index in [9.17, 15) is 9.90 Å². The number of anilines is 1. The summed E-state index contributed by atoms with van der Waals surface area (Å²) < 4.78 is 10.0. The molecule has 0 spiro atoms. The molecule has 1 heterocycles. The highest BCUT2D eigenvalue weighted by Gasteiger charge is 2.35. The molecule has 2 N–H and O–H groups in total. The normalized spacial score (nSPS) is 10.9. The Labute approximate surface area is 112 Å². The average Bonchev–Trinajstić information content (AvgIpc) is 2.43. The molecule has 0 saturated heterocycles. The van der Waals surface area contributed by atoms with Crippen LogP contribution in [0.3, 0.4) is 0 Å². The maximum Gasteiger partial charge on any atom is 0.329 e. The van der Waals surface area contributed by atoms with Gasteiger partial charge < -0.3 is 19.9 Å². The maximum atomic E-state index is 11.4. The SMILES string of the molecule is CCC(CC)(Nc1nc(OC)cc(OC)n1)C(=O)O. The van der Waals surface area contributed by atoms with Gasteiger partial charge in [-0.15, -0.1) is 0 Å². The zero-order valence-electron chi connectivity index (χ0n) is 11.6. The molecule has 7 nitrogen and oxygen atoms in total. The Morgan fingerprint density at radius 3 is 2.05 bits per heavy atom. The molecule has 1 rings (SSSR count). The van der Waals surface area contributed by atoms with Crippen LogP contribution in [0.25, 0.3) is 0 Å². The smallest absolute Gasteiger partial charge is 0.329 e. The summed E-state index contributed by atoms with van der Waals surface area (Å²) in [4.78, 5) is 19.6. The molecule has 0 radical (unpaired) electrons. The van der Waals surface area contributed by atoms with E-state index < -0.39 is 11.5 Å². The fourth-order valence-corrected chi connectivity index (χ4v) is 1.67. The number of aromatic nitrogens is 2. The van der Waals surface area contributed by atoms with Crippen molar-refractivity contribution in [3.63, 3.8) is 0 Å². The second-order valence-corrected chi connectivity index (χ2v) is 4.00. The Hall–Kier alpha value is -2.05. The van der Waals surface area contributed by atoms with Crippen LogP contribution in [0.2, 0.25) is 0 Å². The van der Waals surface area contributed by atoms with Crippen molar-refractivity contribution >= 4 is 11.9 Å². The molecule has 106 valence electrons. The van der Waals surface area contributed by atoms with Crippen LogP contribution in [0.4, 0.5) is 5.95 Å². The highest BCUT2D eigenvalue weighted by molar-refractivity contribution is 5.82. The van der Waals surface area contributed by atoms with Gasteiger partial charge in [-0.05, 0) is 12.8 Å². The lowest BCUT2D eigenvalue weighted by Crippen LogP contribution is -2.45. The monoisotopic (exact) mass is 269 g/mol. The molecule has 0 aromatic carbocycles. The molecule has 7 heteroatoms. The number of hydrogen-bond donors (Lipinski definition) is 2. The van der Waals surface area contributed by atoms with E-state index in [1.807, 2.05) is 0 Å². The fourth-order valence-electron chi connectivity index (χ4n) is 1.67. The second-order valence-electron chi connectivity index (χ2n) is 4.00. The molecule has 1 aromatic rings. The van der Waals surface area contributed by atoms with Gasteiger partial charge in [0.05, 0.1) is 20.3 Å². The van der Waals surface area contributed by atoms with Gasteiger partial charge in [-0.3, -0.25) is 0 Å². The zero-order valence-corrected chi connectivity index (χ0v) is 11.6. The molecule has 19 heavy (non-hydrogen) atoms. The molecule has 0 unspecified atom stereocenters. The minimum atomic E-state index is -1.10. The predicted octanol–water partition coefficient (Wildman–Crippen LogP) is 1.55. The third kappa shape index (κ3) is 3.24. The average molecular weight is 269 g/mol. The van der Waals surface area contributed by atoms with E-state index in [-0.39, 0.29) is 5.95 Å². The Kier molecular flexibility index (Phi) is 4.91. The summed E-state index contributed by atoms with van der Waals surface area (Å²) in [6, 6.07) is 1.52. The fraction of sp³-hybridized carbons (Fsp3) is 0.583. The summed E-state index contributed by atoms with van der Waals surface area (Å²) in [5.41, 5.74) is -1.10. The number of nitrogens with one attached hydrogen (secondary N) is 1. The zero-order chi connectivity index (χ0) is 14.5. The van der Waals surface area contributed by atoms with E-state index in [0.29, 0.717) is 24.6 Å². The van der Waals surface area contributed by atoms with Gasteiger partial charge in [0.1, 0.15) is 5.54 Å². The number of rotatable bonds is 7. The first-order valence-electron chi connectivity index (χ1n) is 6.00. The number of carboxylic acid groups (broad SMARTS) is 1. The summed E-state index contributed by atoms with van der Waals surface area (Å²) >= 11 is 0. The van der Waals surface area contributed by atoms with Crippen LogP contribution >= 0.6 is 0 Å².